The number of ether oxygens (including phenoxy) is 1. The molecule has 0 atom stereocenters. The molecule has 5 rings (SSSR count). The summed E-state index contributed by atoms with van der Waals surface area (Å²) < 4.78 is 12.9. The molecule has 1 aromatic carbocycles. The first kappa shape index (κ1) is 18.5. The van der Waals surface area contributed by atoms with Crippen molar-refractivity contribution in [3.63, 3.8) is 0 Å². The van der Waals surface area contributed by atoms with Crippen LogP contribution in [-0.4, -0.2) is 40.9 Å². The normalized spacial score (nSPS) is 14.8. The number of benzene rings is 1. The number of azo groups is 1. The van der Waals surface area contributed by atoms with Crippen molar-refractivity contribution in [1.29, 1.82) is 0 Å². The number of anilines is 1. The number of furan rings is 1. The van der Waals surface area contributed by atoms with E-state index in [1.165, 1.54) is 5.56 Å². The lowest BCUT2D eigenvalue weighted by Crippen LogP contribution is -2.37. The first-order valence-corrected chi connectivity index (χ1v) is 9.97. The molecular weight excluding hydrogens is 380 g/mol. The van der Waals surface area contributed by atoms with Crippen molar-refractivity contribution in [2.24, 2.45) is 10.2 Å². The minimum Gasteiger partial charge on any atom is -0.463 e. The van der Waals surface area contributed by atoms with E-state index < -0.39 is 0 Å². The van der Waals surface area contributed by atoms with Gasteiger partial charge in [-0.1, -0.05) is 29.8 Å². The molecule has 8 heteroatoms. The van der Waals surface area contributed by atoms with Crippen molar-refractivity contribution >= 4 is 17.3 Å². The molecule has 4 aromatic rings. The predicted molar refractivity (Wildman–Crippen MR) is 113 cm³/mol. The topological polar surface area (TPSA) is 80.5 Å². The van der Waals surface area contributed by atoms with Crippen molar-refractivity contribution in [3.8, 4) is 11.5 Å². The molecule has 0 spiro atoms. The van der Waals surface area contributed by atoms with E-state index in [4.69, 9.17) is 14.3 Å². The van der Waals surface area contributed by atoms with Gasteiger partial charge < -0.3 is 14.1 Å². The van der Waals surface area contributed by atoms with Crippen LogP contribution in [0, 0.1) is 6.92 Å². The summed E-state index contributed by atoms with van der Waals surface area (Å²) in [4.78, 5) is 6.88. The van der Waals surface area contributed by atoms with Gasteiger partial charge in [0.05, 0.1) is 26.0 Å². The Morgan fingerprint density at radius 3 is 2.77 bits per heavy atom. The van der Waals surface area contributed by atoms with E-state index in [0.29, 0.717) is 37.0 Å². The van der Waals surface area contributed by atoms with Crippen LogP contribution < -0.4 is 4.90 Å². The SMILES string of the molecule is Cc1cccc(CN=Nc2cc(N3CCOCC3)n3nc(-c4ccco4)cc3n2)c1. The molecule has 30 heavy (non-hydrogen) atoms. The summed E-state index contributed by atoms with van der Waals surface area (Å²) >= 11 is 0. The van der Waals surface area contributed by atoms with Gasteiger partial charge in [-0.25, -0.2) is 4.98 Å². The minimum atomic E-state index is 0.512. The molecule has 0 amide bonds. The number of hydrogen-bond donors (Lipinski definition) is 0. The highest BCUT2D eigenvalue weighted by molar-refractivity contribution is 5.64. The Kier molecular flexibility index (Phi) is 4.98. The number of fused-ring (bicyclic) bond motifs is 1. The first-order valence-electron chi connectivity index (χ1n) is 9.97. The average Bonchev–Trinajstić information content (AvgIpc) is 3.44. The van der Waals surface area contributed by atoms with Crippen LogP contribution in [0.3, 0.4) is 0 Å². The van der Waals surface area contributed by atoms with Crippen LogP contribution in [0.1, 0.15) is 11.1 Å². The molecule has 1 aliphatic rings. The van der Waals surface area contributed by atoms with E-state index in [9.17, 15) is 0 Å². The number of hydrogen-bond acceptors (Lipinski definition) is 7. The number of aryl methyl sites for hydroxylation is 1. The second-order valence-electron chi connectivity index (χ2n) is 7.24. The third kappa shape index (κ3) is 3.81. The fourth-order valence-corrected chi connectivity index (χ4v) is 3.56. The maximum Gasteiger partial charge on any atom is 0.179 e. The van der Waals surface area contributed by atoms with Gasteiger partial charge in [0.1, 0.15) is 11.5 Å². The summed E-state index contributed by atoms with van der Waals surface area (Å²) in [5.41, 5.74) is 3.77. The maximum atomic E-state index is 5.51. The number of rotatable bonds is 5. The summed E-state index contributed by atoms with van der Waals surface area (Å²) in [7, 11) is 0. The Balaban J connectivity index is 1.50. The molecule has 0 bridgehead atoms. The van der Waals surface area contributed by atoms with E-state index in [1.54, 1.807) is 6.26 Å². The van der Waals surface area contributed by atoms with Gasteiger partial charge in [-0.05, 0) is 24.6 Å². The van der Waals surface area contributed by atoms with Gasteiger partial charge in [-0.15, -0.1) is 5.11 Å². The van der Waals surface area contributed by atoms with Gasteiger partial charge in [0.15, 0.2) is 17.2 Å². The molecule has 8 nitrogen and oxygen atoms in total. The van der Waals surface area contributed by atoms with Gasteiger partial charge in [-0.3, -0.25) is 0 Å². The Labute approximate surface area is 173 Å². The van der Waals surface area contributed by atoms with Gasteiger partial charge in [0.2, 0.25) is 0 Å². The summed E-state index contributed by atoms with van der Waals surface area (Å²) in [6, 6.07) is 15.8. The van der Waals surface area contributed by atoms with E-state index in [1.807, 2.05) is 34.8 Å². The standard InChI is InChI=1S/C22H22N6O2/c1-16-4-2-5-17(12-16)15-23-25-20-14-22(27-7-10-29-11-8-27)28-21(24-20)13-18(26-28)19-6-3-9-30-19/h2-6,9,12-14H,7-8,10-11,15H2,1H3. The largest absolute Gasteiger partial charge is 0.463 e. The molecule has 0 unspecified atom stereocenters. The Hall–Kier alpha value is -3.52. The third-order valence-electron chi connectivity index (χ3n) is 5.01. The second kappa shape index (κ2) is 8.08. The zero-order chi connectivity index (χ0) is 20.3. The highest BCUT2D eigenvalue weighted by Gasteiger charge is 2.18. The minimum absolute atomic E-state index is 0.512. The molecule has 0 radical (unpaired) electrons. The molecule has 1 aliphatic heterocycles. The molecule has 3 aromatic heterocycles. The maximum absolute atomic E-state index is 5.51. The van der Waals surface area contributed by atoms with Crippen LogP contribution in [0.2, 0.25) is 0 Å². The van der Waals surface area contributed by atoms with Crippen molar-refractivity contribution in [3.05, 3.63) is 65.9 Å². The molecule has 4 heterocycles. The summed E-state index contributed by atoms with van der Waals surface area (Å²) in [6.45, 7) is 5.52. The summed E-state index contributed by atoms with van der Waals surface area (Å²) in [5, 5.41) is 13.5. The van der Waals surface area contributed by atoms with Crippen LogP contribution >= 0.6 is 0 Å². The van der Waals surface area contributed by atoms with Gasteiger partial charge in [0.25, 0.3) is 0 Å². The van der Waals surface area contributed by atoms with E-state index in [2.05, 4.69) is 45.2 Å². The molecule has 0 N–H and O–H groups in total. The molecule has 1 fully saturated rings. The van der Waals surface area contributed by atoms with E-state index >= 15 is 0 Å². The van der Waals surface area contributed by atoms with Crippen molar-refractivity contribution in [2.75, 3.05) is 31.2 Å². The van der Waals surface area contributed by atoms with Gasteiger partial charge in [-0.2, -0.15) is 14.7 Å². The smallest absolute Gasteiger partial charge is 0.179 e. The van der Waals surface area contributed by atoms with Gasteiger partial charge in [0, 0.05) is 25.2 Å². The quantitative estimate of drug-likeness (QED) is 0.462. The van der Waals surface area contributed by atoms with Crippen LogP contribution in [0.15, 0.2) is 69.4 Å². The Morgan fingerprint density at radius 1 is 1.07 bits per heavy atom. The van der Waals surface area contributed by atoms with Crippen LogP contribution in [0.25, 0.3) is 17.1 Å². The lowest BCUT2D eigenvalue weighted by atomic mass is 10.1. The molecule has 152 valence electrons. The van der Waals surface area contributed by atoms with E-state index in [0.717, 1.165) is 30.2 Å². The monoisotopic (exact) mass is 402 g/mol. The first-order chi connectivity index (χ1) is 14.8. The Bertz CT molecular complexity index is 1180. The molecular formula is C22H22N6O2. The summed E-state index contributed by atoms with van der Waals surface area (Å²) in [5.74, 6) is 2.18. The zero-order valence-electron chi connectivity index (χ0n) is 16.7. The number of aromatic nitrogens is 3. The van der Waals surface area contributed by atoms with Crippen molar-refractivity contribution in [1.82, 2.24) is 14.6 Å². The second-order valence-corrected chi connectivity index (χ2v) is 7.24. The van der Waals surface area contributed by atoms with Gasteiger partial charge >= 0.3 is 0 Å². The third-order valence-corrected chi connectivity index (χ3v) is 5.01. The lowest BCUT2D eigenvalue weighted by molar-refractivity contribution is 0.122. The molecule has 0 aliphatic carbocycles. The zero-order valence-corrected chi connectivity index (χ0v) is 16.7. The molecule has 1 saturated heterocycles. The van der Waals surface area contributed by atoms with Crippen LogP contribution in [-0.2, 0) is 11.3 Å². The fraction of sp³-hybridized carbons (Fsp3) is 0.273. The van der Waals surface area contributed by atoms with Crippen LogP contribution in [0.4, 0.5) is 11.6 Å². The summed E-state index contributed by atoms with van der Waals surface area (Å²) in [6.07, 6.45) is 1.64. The predicted octanol–water partition coefficient (Wildman–Crippen LogP) is 4.42. The number of morpholine rings is 1. The van der Waals surface area contributed by atoms with Crippen molar-refractivity contribution < 1.29 is 9.15 Å². The highest BCUT2D eigenvalue weighted by Crippen LogP contribution is 2.27. The van der Waals surface area contributed by atoms with Crippen LogP contribution in [0.5, 0.6) is 0 Å². The Morgan fingerprint density at radius 2 is 1.97 bits per heavy atom. The average molecular weight is 402 g/mol. The number of nitrogens with zero attached hydrogens (tertiary/aromatic N) is 6. The van der Waals surface area contributed by atoms with Crippen molar-refractivity contribution in [2.45, 2.75) is 13.5 Å². The molecule has 0 saturated carbocycles. The fourth-order valence-electron chi connectivity index (χ4n) is 3.56. The van der Waals surface area contributed by atoms with E-state index in [-0.39, 0.29) is 0 Å². The highest BCUT2D eigenvalue weighted by atomic mass is 16.5. The lowest BCUT2D eigenvalue weighted by Gasteiger charge is -2.28.